The molecule has 2 atom stereocenters. The van der Waals surface area contributed by atoms with E-state index in [9.17, 15) is 20.2 Å². The summed E-state index contributed by atoms with van der Waals surface area (Å²) < 4.78 is 0. The molecule has 0 amide bonds. The van der Waals surface area contributed by atoms with Crippen molar-refractivity contribution in [3.05, 3.63) is 74.3 Å². The monoisotopic (exact) mass is 424 g/mol. The number of anilines is 1. The molecule has 31 heavy (non-hydrogen) atoms. The van der Waals surface area contributed by atoms with Crippen LogP contribution in [0.15, 0.2) is 53.6 Å². The molecule has 0 aromatic heterocycles. The van der Waals surface area contributed by atoms with Crippen molar-refractivity contribution in [3.8, 4) is 0 Å². The molecular weight excluding hydrogens is 396 g/mol. The van der Waals surface area contributed by atoms with Crippen LogP contribution in [-0.2, 0) is 6.42 Å². The molecule has 0 saturated heterocycles. The minimum absolute atomic E-state index is 0.152. The van der Waals surface area contributed by atoms with Crippen LogP contribution in [0.25, 0.3) is 0 Å². The maximum atomic E-state index is 11.4. The fourth-order valence-corrected chi connectivity index (χ4v) is 4.17. The van der Waals surface area contributed by atoms with Gasteiger partial charge in [0.1, 0.15) is 5.69 Å². The molecule has 0 spiro atoms. The minimum Gasteiger partial charge on any atom is -0.272 e. The highest BCUT2D eigenvalue weighted by molar-refractivity contribution is 5.88. The standard InChI is InChI=1S/C23H28N4O4/c1-23(2,3)18-9-11-20(17(14-18)13-16-7-5-4-6-8-16)24-25-21-12-10-19(26(28)29)15-22(21)27(30)31/h4-8,10,12,15,17-18,25H,9,11,13-14H2,1-3H3. The van der Waals surface area contributed by atoms with E-state index in [0.717, 1.165) is 37.5 Å². The second kappa shape index (κ2) is 9.24. The number of hydrogen-bond acceptors (Lipinski definition) is 6. The second-order valence-electron chi connectivity index (χ2n) is 9.15. The van der Waals surface area contributed by atoms with Gasteiger partial charge in [-0.25, -0.2) is 0 Å². The van der Waals surface area contributed by atoms with Crippen LogP contribution in [-0.4, -0.2) is 15.6 Å². The normalized spacial score (nSPS) is 20.4. The number of hydrazone groups is 1. The Balaban J connectivity index is 1.86. The van der Waals surface area contributed by atoms with Crippen LogP contribution in [0.5, 0.6) is 0 Å². The van der Waals surface area contributed by atoms with Crippen LogP contribution in [0, 0.1) is 37.5 Å². The van der Waals surface area contributed by atoms with E-state index >= 15 is 0 Å². The molecule has 1 fully saturated rings. The smallest absolute Gasteiger partial charge is 0.272 e. The topological polar surface area (TPSA) is 111 Å². The van der Waals surface area contributed by atoms with Gasteiger partial charge in [0.25, 0.3) is 5.69 Å². The molecular formula is C23H28N4O4. The first-order valence-electron chi connectivity index (χ1n) is 10.4. The summed E-state index contributed by atoms with van der Waals surface area (Å²) in [6, 6.07) is 13.8. The van der Waals surface area contributed by atoms with Crippen LogP contribution in [0.1, 0.15) is 45.6 Å². The van der Waals surface area contributed by atoms with Gasteiger partial charge in [0.15, 0.2) is 0 Å². The molecule has 1 aliphatic rings. The first kappa shape index (κ1) is 22.4. The van der Waals surface area contributed by atoms with E-state index in [0.29, 0.717) is 5.92 Å². The average molecular weight is 425 g/mol. The van der Waals surface area contributed by atoms with Crippen LogP contribution >= 0.6 is 0 Å². The fourth-order valence-electron chi connectivity index (χ4n) is 4.17. The van der Waals surface area contributed by atoms with Gasteiger partial charge >= 0.3 is 5.69 Å². The molecule has 2 unspecified atom stereocenters. The lowest BCUT2D eigenvalue weighted by atomic mass is 9.67. The number of nitrogens with zero attached hydrogens (tertiary/aromatic N) is 3. The Hall–Kier alpha value is -3.29. The molecule has 0 heterocycles. The van der Waals surface area contributed by atoms with E-state index in [1.54, 1.807) is 0 Å². The first-order valence-corrected chi connectivity index (χ1v) is 10.4. The zero-order chi connectivity index (χ0) is 22.6. The lowest BCUT2D eigenvalue weighted by Gasteiger charge is -2.38. The zero-order valence-corrected chi connectivity index (χ0v) is 18.1. The van der Waals surface area contributed by atoms with Crippen molar-refractivity contribution in [2.45, 2.75) is 46.5 Å². The number of nitrogens with one attached hydrogen (secondary N) is 1. The molecule has 2 aromatic carbocycles. The van der Waals surface area contributed by atoms with Gasteiger partial charge in [-0.15, -0.1) is 0 Å². The molecule has 1 N–H and O–H groups in total. The number of benzene rings is 2. The minimum atomic E-state index is -0.646. The summed E-state index contributed by atoms with van der Waals surface area (Å²) in [7, 11) is 0. The van der Waals surface area contributed by atoms with Crippen molar-refractivity contribution in [2.24, 2.45) is 22.4 Å². The quantitative estimate of drug-likeness (QED) is 0.453. The molecule has 164 valence electrons. The van der Waals surface area contributed by atoms with Crippen LogP contribution in [0.3, 0.4) is 0 Å². The molecule has 0 aliphatic heterocycles. The maximum absolute atomic E-state index is 11.4. The Labute approximate surface area is 181 Å². The molecule has 1 aliphatic carbocycles. The highest BCUT2D eigenvalue weighted by Crippen LogP contribution is 2.40. The van der Waals surface area contributed by atoms with Crippen LogP contribution < -0.4 is 5.43 Å². The second-order valence-corrected chi connectivity index (χ2v) is 9.15. The first-order chi connectivity index (χ1) is 14.6. The van der Waals surface area contributed by atoms with Crippen molar-refractivity contribution < 1.29 is 9.85 Å². The van der Waals surface area contributed by atoms with Crippen molar-refractivity contribution in [3.63, 3.8) is 0 Å². The van der Waals surface area contributed by atoms with Gasteiger partial charge in [0.05, 0.1) is 15.9 Å². The molecule has 3 rings (SSSR count). The van der Waals surface area contributed by atoms with Gasteiger partial charge < -0.3 is 0 Å². The fraction of sp³-hybridized carbons (Fsp3) is 0.435. The summed E-state index contributed by atoms with van der Waals surface area (Å²) in [5, 5.41) is 26.9. The highest BCUT2D eigenvalue weighted by atomic mass is 16.6. The van der Waals surface area contributed by atoms with Gasteiger partial charge in [-0.2, -0.15) is 5.10 Å². The third-order valence-electron chi connectivity index (χ3n) is 6.05. The van der Waals surface area contributed by atoms with E-state index in [2.05, 4.69) is 43.4 Å². The van der Waals surface area contributed by atoms with Gasteiger partial charge in [-0.05, 0) is 48.6 Å². The van der Waals surface area contributed by atoms with E-state index in [4.69, 9.17) is 0 Å². The Morgan fingerprint density at radius 1 is 1.06 bits per heavy atom. The largest absolute Gasteiger partial charge is 0.301 e. The highest BCUT2D eigenvalue weighted by Gasteiger charge is 2.34. The van der Waals surface area contributed by atoms with Crippen LogP contribution in [0.2, 0.25) is 0 Å². The molecule has 0 radical (unpaired) electrons. The number of nitro benzene ring substituents is 2. The zero-order valence-electron chi connectivity index (χ0n) is 18.1. The predicted molar refractivity (Wildman–Crippen MR) is 121 cm³/mol. The third-order valence-corrected chi connectivity index (χ3v) is 6.05. The predicted octanol–water partition coefficient (Wildman–Crippen LogP) is 5.98. The molecule has 8 nitrogen and oxygen atoms in total. The Kier molecular flexibility index (Phi) is 6.68. The summed E-state index contributed by atoms with van der Waals surface area (Å²) in [6.07, 6.45) is 3.68. The number of hydrogen-bond donors (Lipinski definition) is 1. The number of nitro groups is 2. The van der Waals surface area contributed by atoms with Crippen LogP contribution in [0.4, 0.5) is 17.1 Å². The molecule has 0 bridgehead atoms. The van der Waals surface area contributed by atoms with E-state index in [-0.39, 0.29) is 28.4 Å². The Morgan fingerprint density at radius 3 is 2.39 bits per heavy atom. The van der Waals surface area contributed by atoms with E-state index in [1.165, 1.54) is 17.7 Å². The summed E-state index contributed by atoms with van der Waals surface area (Å²) in [6.45, 7) is 6.79. The van der Waals surface area contributed by atoms with Gasteiger partial charge in [0.2, 0.25) is 0 Å². The van der Waals surface area contributed by atoms with Gasteiger partial charge in [0, 0.05) is 17.7 Å². The molecule has 8 heteroatoms. The summed E-state index contributed by atoms with van der Waals surface area (Å²) in [5.74, 6) is 0.791. The molecule has 1 saturated carbocycles. The van der Waals surface area contributed by atoms with E-state index in [1.807, 2.05) is 18.2 Å². The van der Waals surface area contributed by atoms with Crippen molar-refractivity contribution in [2.75, 3.05) is 5.43 Å². The summed E-state index contributed by atoms with van der Waals surface area (Å²) in [4.78, 5) is 21.1. The van der Waals surface area contributed by atoms with Gasteiger partial charge in [-0.3, -0.25) is 25.7 Å². The Bertz CT molecular complexity index is 983. The number of non-ortho nitro benzene ring substituents is 1. The average Bonchev–Trinajstić information content (AvgIpc) is 2.72. The van der Waals surface area contributed by atoms with E-state index < -0.39 is 9.85 Å². The lowest BCUT2D eigenvalue weighted by Crippen LogP contribution is -2.33. The maximum Gasteiger partial charge on any atom is 0.301 e. The van der Waals surface area contributed by atoms with Crippen molar-refractivity contribution in [1.82, 2.24) is 0 Å². The Morgan fingerprint density at radius 2 is 1.77 bits per heavy atom. The van der Waals surface area contributed by atoms with Crippen molar-refractivity contribution >= 4 is 22.8 Å². The lowest BCUT2D eigenvalue weighted by molar-refractivity contribution is -0.393. The van der Waals surface area contributed by atoms with Crippen molar-refractivity contribution in [1.29, 1.82) is 0 Å². The summed E-state index contributed by atoms with van der Waals surface area (Å²) >= 11 is 0. The van der Waals surface area contributed by atoms with Gasteiger partial charge in [-0.1, -0.05) is 51.1 Å². The SMILES string of the molecule is CC(C)(C)C1CCC(=NNc2ccc([N+](=O)[O-])cc2[N+](=O)[O-])C(Cc2ccccc2)C1. The summed E-state index contributed by atoms with van der Waals surface area (Å²) in [5.41, 5.74) is 4.71. The molecule has 2 aromatic rings. The third kappa shape index (κ3) is 5.65. The number of rotatable bonds is 6.